The number of carboxylic acid groups (broad SMARTS) is 1. The van der Waals surface area contributed by atoms with Gasteiger partial charge in [-0.1, -0.05) is 32.9 Å². The molecule has 1 rings (SSSR count). The number of esters is 1. The number of carboxylic acids is 1. The van der Waals surface area contributed by atoms with Crippen molar-refractivity contribution in [1.82, 2.24) is 0 Å². The molecule has 0 radical (unpaired) electrons. The van der Waals surface area contributed by atoms with Crippen LogP contribution in [0.25, 0.3) is 0 Å². The highest BCUT2D eigenvalue weighted by molar-refractivity contribution is 5.85. The van der Waals surface area contributed by atoms with Crippen molar-refractivity contribution in [2.75, 3.05) is 5.32 Å². The fourth-order valence-corrected chi connectivity index (χ4v) is 1.97. The number of benzene rings is 1. The summed E-state index contributed by atoms with van der Waals surface area (Å²) < 4.78 is 9.85. The SMILES string of the molecule is CCC(C(=O)O)c1ccc(NC(=O)O[C@@H](C)OC(=O)C(C)C)cc1. The monoisotopic (exact) mass is 337 g/mol. The Balaban J connectivity index is 2.58. The Morgan fingerprint density at radius 2 is 1.67 bits per heavy atom. The van der Waals surface area contributed by atoms with Gasteiger partial charge in [-0.15, -0.1) is 0 Å². The van der Waals surface area contributed by atoms with Gasteiger partial charge in [-0.2, -0.15) is 0 Å². The molecule has 0 bridgehead atoms. The molecule has 1 aromatic rings. The standard InChI is InChI=1S/C17H23NO6/c1-5-14(15(19)20)12-6-8-13(9-7-12)18-17(22)24-11(4)23-16(21)10(2)3/h6-11,14H,5H2,1-4H3,(H,18,22)(H,19,20)/t11-,14?/m0/s1. The second kappa shape index (κ2) is 8.90. The molecular formula is C17H23NO6. The normalized spacial score (nSPS) is 13.0. The molecule has 1 unspecified atom stereocenters. The number of anilines is 1. The highest BCUT2D eigenvalue weighted by atomic mass is 16.7. The van der Waals surface area contributed by atoms with E-state index in [1.165, 1.54) is 6.92 Å². The summed E-state index contributed by atoms with van der Waals surface area (Å²) in [5, 5.41) is 11.6. The number of hydrogen-bond donors (Lipinski definition) is 2. The van der Waals surface area contributed by atoms with Crippen LogP contribution in [-0.2, 0) is 19.1 Å². The minimum absolute atomic E-state index is 0.313. The molecule has 1 amide bonds. The largest absolute Gasteiger partial charge is 0.481 e. The molecule has 0 aliphatic rings. The minimum atomic E-state index is -1.00. The zero-order valence-corrected chi connectivity index (χ0v) is 14.2. The average Bonchev–Trinajstić information content (AvgIpc) is 2.48. The number of nitrogens with one attached hydrogen (secondary N) is 1. The predicted octanol–water partition coefficient (Wildman–Crippen LogP) is 3.36. The first-order valence-corrected chi connectivity index (χ1v) is 7.75. The van der Waals surface area contributed by atoms with Crippen molar-refractivity contribution in [2.45, 2.75) is 46.3 Å². The van der Waals surface area contributed by atoms with Crippen molar-refractivity contribution in [3.05, 3.63) is 29.8 Å². The molecule has 7 nitrogen and oxygen atoms in total. The third-order valence-corrected chi connectivity index (χ3v) is 3.29. The Hall–Kier alpha value is -2.57. The molecule has 0 spiro atoms. The van der Waals surface area contributed by atoms with E-state index in [-0.39, 0.29) is 5.92 Å². The van der Waals surface area contributed by atoms with Crippen molar-refractivity contribution >= 4 is 23.7 Å². The van der Waals surface area contributed by atoms with Crippen LogP contribution in [0.15, 0.2) is 24.3 Å². The van der Waals surface area contributed by atoms with E-state index in [0.717, 1.165) is 0 Å². The first-order chi connectivity index (χ1) is 11.2. The highest BCUT2D eigenvalue weighted by Crippen LogP contribution is 2.21. The van der Waals surface area contributed by atoms with E-state index in [2.05, 4.69) is 5.32 Å². The van der Waals surface area contributed by atoms with Crippen molar-refractivity contribution in [3.63, 3.8) is 0 Å². The number of amides is 1. The molecular weight excluding hydrogens is 314 g/mol. The highest BCUT2D eigenvalue weighted by Gasteiger charge is 2.18. The molecule has 0 saturated carbocycles. The zero-order valence-electron chi connectivity index (χ0n) is 14.2. The van der Waals surface area contributed by atoms with Gasteiger partial charge in [0.1, 0.15) is 0 Å². The number of carbonyl (C=O) groups is 3. The second-order valence-corrected chi connectivity index (χ2v) is 5.61. The lowest BCUT2D eigenvalue weighted by Gasteiger charge is -2.16. The molecule has 0 aliphatic heterocycles. The van der Waals surface area contributed by atoms with Crippen LogP contribution in [0.1, 0.15) is 45.6 Å². The van der Waals surface area contributed by atoms with Gasteiger partial charge in [0, 0.05) is 12.6 Å². The predicted molar refractivity (Wildman–Crippen MR) is 87.6 cm³/mol. The maximum Gasteiger partial charge on any atom is 0.414 e. The van der Waals surface area contributed by atoms with Crippen molar-refractivity contribution in [1.29, 1.82) is 0 Å². The summed E-state index contributed by atoms with van der Waals surface area (Å²) in [6.45, 7) is 6.60. The summed E-state index contributed by atoms with van der Waals surface area (Å²) in [4.78, 5) is 34.3. The van der Waals surface area contributed by atoms with Gasteiger partial charge >= 0.3 is 18.0 Å². The topological polar surface area (TPSA) is 102 Å². The molecule has 2 atom stereocenters. The Morgan fingerprint density at radius 3 is 2.12 bits per heavy atom. The van der Waals surface area contributed by atoms with Crippen LogP contribution >= 0.6 is 0 Å². The molecule has 0 aliphatic carbocycles. The Labute approximate surface area is 141 Å². The fourth-order valence-electron chi connectivity index (χ4n) is 1.97. The van der Waals surface area contributed by atoms with Crippen molar-refractivity contribution in [3.8, 4) is 0 Å². The maximum absolute atomic E-state index is 11.7. The van der Waals surface area contributed by atoms with Gasteiger partial charge in [0.25, 0.3) is 0 Å². The van der Waals surface area contributed by atoms with Crippen molar-refractivity contribution in [2.24, 2.45) is 5.92 Å². The average molecular weight is 337 g/mol. The number of rotatable bonds is 7. The third kappa shape index (κ3) is 5.91. The van der Waals surface area contributed by atoms with Gasteiger partial charge in [0.2, 0.25) is 6.29 Å². The van der Waals surface area contributed by atoms with E-state index in [1.807, 2.05) is 0 Å². The first-order valence-electron chi connectivity index (χ1n) is 7.75. The molecule has 24 heavy (non-hydrogen) atoms. The molecule has 0 aromatic heterocycles. The summed E-state index contributed by atoms with van der Waals surface area (Å²) in [7, 11) is 0. The van der Waals surface area contributed by atoms with Gasteiger partial charge < -0.3 is 14.6 Å². The van der Waals surface area contributed by atoms with E-state index in [9.17, 15) is 14.4 Å². The van der Waals surface area contributed by atoms with Crippen LogP contribution in [0.2, 0.25) is 0 Å². The third-order valence-electron chi connectivity index (χ3n) is 3.29. The Bertz CT molecular complexity index is 581. The Morgan fingerprint density at radius 1 is 1.08 bits per heavy atom. The van der Waals surface area contributed by atoms with Crippen LogP contribution in [0, 0.1) is 5.92 Å². The first kappa shape index (κ1) is 19.5. The quantitative estimate of drug-likeness (QED) is 0.584. The number of hydrogen-bond acceptors (Lipinski definition) is 5. The Kier molecular flexibility index (Phi) is 7.23. The van der Waals surface area contributed by atoms with Gasteiger partial charge in [-0.05, 0) is 24.1 Å². The van der Waals surface area contributed by atoms with Crippen LogP contribution in [0.5, 0.6) is 0 Å². The molecule has 0 heterocycles. The summed E-state index contributed by atoms with van der Waals surface area (Å²) >= 11 is 0. The van der Waals surface area contributed by atoms with Gasteiger partial charge in [0.15, 0.2) is 0 Å². The van der Waals surface area contributed by atoms with Gasteiger partial charge in [-0.3, -0.25) is 14.9 Å². The number of ether oxygens (including phenoxy) is 2. The zero-order chi connectivity index (χ0) is 18.3. The molecule has 0 fully saturated rings. The van der Waals surface area contributed by atoms with Gasteiger partial charge in [-0.25, -0.2) is 4.79 Å². The second-order valence-electron chi connectivity index (χ2n) is 5.61. The van der Waals surface area contributed by atoms with Crippen LogP contribution in [0.4, 0.5) is 10.5 Å². The minimum Gasteiger partial charge on any atom is -0.481 e. The fraction of sp³-hybridized carbons (Fsp3) is 0.471. The molecule has 0 saturated heterocycles. The smallest absolute Gasteiger partial charge is 0.414 e. The van der Waals surface area contributed by atoms with Crippen molar-refractivity contribution < 1.29 is 29.0 Å². The maximum atomic E-state index is 11.7. The summed E-state index contributed by atoms with van der Waals surface area (Å²) in [6.07, 6.45) is -1.30. The summed E-state index contributed by atoms with van der Waals surface area (Å²) in [5.41, 5.74) is 1.11. The summed E-state index contributed by atoms with van der Waals surface area (Å²) in [6, 6.07) is 6.46. The summed E-state index contributed by atoms with van der Waals surface area (Å²) in [5.74, 6) is -2.24. The van der Waals surface area contributed by atoms with Crippen LogP contribution in [-0.4, -0.2) is 29.4 Å². The molecule has 2 N–H and O–H groups in total. The molecule has 7 heteroatoms. The van der Waals surface area contributed by atoms with E-state index in [4.69, 9.17) is 14.6 Å². The van der Waals surface area contributed by atoms with E-state index in [1.54, 1.807) is 45.0 Å². The van der Waals surface area contributed by atoms with E-state index >= 15 is 0 Å². The molecule has 1 aromatic carbocycles. The van der Waals surface area contributed by atoms with E-state index < -0.39 is 30.2 Å². The van der Waals surface area contributed by atoms with Crippen LogP contribution in [0.3, 0.4) is 0 Å². The lowest BCUT2D eigenvalue weighted by Crippen LogP contribution is -2.26. The number of aliphatic carboxylic acids is 1. The lowest BCUT2D eigenvalue weighted by atomic mass is 9.96. The number of carbonyl (C=O) groups excluding carboxylic acids is 2. The molecule has 132 valence electrons. The van der Waals surface area contributed by atoms with Gasteiger partial charge in [0.05, 0.1) is 11.8 Å². The van der Waals surface area contributed by atoms with Crippen LogP contribution < -0.4 is 5.32 Å². The van der Waals surface area contributed by atoms with E-state index in [0.29, 0.717) is 17.7 Å². The lowest BCUT2D eigenvalue weighted by molar-refractivity contribution is -0.168.